The van der Waals surface area contributed by atoms with Gasteiger partial charge in [-0.15, -0.1) is 0 Å². The Morgan fingerprint density at radius 3 is 2.53 bits per heavy atom. The summed E-state index contributed by atoms with van der Waals surface area (Å²) in [6.07, 6.45) is 5.76. The molecule has 4 aromatic rings. The van der Waals surface area contributed by atoms with E-state index in [9.17, 15) is 4.79 Å². The summed E-state index contributed by atoms with van der Waals surface area (Å²) in [5.74, 6) is 1.29. The van der Waals surface area contributed by atoms with Crippen molar-refractivity contribution in [2.24, 2.45) is 5.92 Å². The van der Waals surface area contributed by atoms with Crippen LogP contribution in [0, 0.1) is 5.92 Å². The minimum atomic E-state index is 0.0775. The Labute approximate surface area is 189 Å². The summed E-state index contributed by atoms with van der Waals surface area (Å²) < 4.78 is 2.21. The Hall–Kier alpha value is -3.34. The highest BCUT2D eigenvalue weighted by Crippen LogP contribution is 2.29. The first-order chi connectivity index (χ1) is 15.7. The van der Waals surface area contributed by atoms with Crippen LogP contribution in [-0.4, -0.2) is 34.4 Å². The van der Waals surface area contributed by atoms with E-state index in [4.69, 9.17) is 4.98 Å². The van der Waals surface area contributed by atoms with Crippen LogP contribution in [0.5, 0.6) is 0 Å². The molecular weight excluding hydrogens is 396 g/mol. The van der Waals surface area contributed by atoms with Gasteiger partial charge in [-0.1, -0.05) is 42.5 Å². The van der Waals surface area contributed by atoms with Gasteiger partial charge in [0.2, 0.25) is 5.91 Å². The van der Waals surface area contributed by atoms with Gasteiger partial charge in [-0.2, -0.15) is 0 Å². The van der Waals surface area contributed by atoms with Crippen LogP contribution < -0.4 is 10.2 Å². The summed E-state index contributed by atoms with van der Waals surface area (Å²) in [5, 5.41) is 3.25. The van der Waals surface area contributed by atoms with Crippen LogP contribution in [0.3, 0.4) is 0 Å². The number of hydrogen-bond donors (Lipinski definition) is 1. The van der Waals surface area contributed by atoms with E-state index in [2.05, 4.69) is 76.3 Å². The predicted molar refractivity (Wildman–Crippen MR) is 130 cm³/mol. The molecule has 1 fully saturated rings. The lowest BCUT2D eigenvalue weighted by atomic mass is 9.95. The first kappa shape index (κ1) is 20.6. The SMILES string of the molecule is C[C@@H](CCc1ccccc1)NC(=O)C1CCN(c2nc3ccccc3n3cccc23)CC1. The lowest BCUT2D eigenvalue weighted by Gasteiger charge is -2.33. The molecule has 0 aliphatic carbocycles. The number of aromatic nitrogens is 2. The Morgan fingerprint density at radius 2 is 1.72 bits per heavy atom. The molecule has 5 heteroatoms. The van der Waals surface area contributed by atoms with Crippen molar-refractivity contribution in [2.75, 3.05) is 18.0 Å². The van der Waals surface area contributed by atoms with Crippen LogP contribution in [0.25, 0.3) is 16.6 Å². The summed E-state index contributed by atoms with van der Waals surface area (Å²) in [7, 11) is 0. The fourth-order valence-electron chi connectivity index (χ4n) is 4.75. The zero-order valence-corrected chi connectivity index (χ0v) is 18.6. The van der Waals surface area contributed by atoms with Crippen molar-refractivity contribution >= 4 is 28.3 Å². The van der Waals surface area contributed by atoms with E-state index in [1.807, 2.05) is 18.2 Å². The second kappa shape index (κ2) is 9.03. The molecule has 5 rings (SSSR count). The Balaban J connectivity index is 1.20. The number of carbonyl (C=O) groups excluding carboxylic acids is 1. The van der Waals surface area contributed by atoms with E-state index >= 15 is 0 Å². The molecule has 1 aliphatic rings. The number of para-hydroxylation sites is 2. The molecule has 0 unspecified atom stereocenters. The van der Waals surface area contributed by atoms with E-state index in [0.717, 1.165) is 61.1 Å². The largest absolute Gasteiger partial charge is 0.355 e. The van der Waals surface area contributed by atoms with Crippen molar-refractivity contribution in [3.05, 3.63) is 78.5 Å². The normalized spacial score (nSPS) is 15.8. The number of fused-ring (bicyclic) bond motifs is 3. The number of nitrogens with zero attached hydrogens (tertiary/aromatic N) is 3. The molecule has 0 radical (unpaired) electrons. The van der Waals surface area contributed by atoms with Crippen LogP contribution in [0.4, 0.5) is 5.82 Å². The number of rotatable bonds is 6. The molecule has 2 aromatic carbocycles. The third-order valence-corrected chi connectivity index (χ3v) is 6.61. The van der Waals surface area contributed by atoms with Gasteiger partial charge >= 0.3 is 0 Å². The molecule has 0 bridgehead atoms. The van der Waals surface area contributed by atoms with Gasteiger partial charge in [-0.05, 0) is 62.4 Å². The summed E-state index contributed by atoms with van der Waals surface area (Å²) in [6, 6.07) is 23.1. The highest BCUT2D eigenvalue weighted by atomic mass is 16.1. The molecule has 5 nitrogen and oxygen atoms in total. The highest BCUT2D eigenvalue weighted by molar-refractivity contribution is 5.85. The van der Waals surface area contributed by atoms with E-state index < -0.39 is 0 Å². The lowest BCUT2D eigenvalue weighted by Crippen LogP contribution is -2.43. The van der Waals surface area contributed by atoms with Crippen LogP contribution in [0.15, 0.2) is 72.9 Å². The minimum absolute atomic E-state index is 0.0775. The number of anilines is 1. The molecule has 0 spiro atoms. The molecule has 3 heterocycles. The Kier molecular flexibility index (Phi) is 5.80. The molecule has 1 N–H and O–H groups in total. The van der Waals surface area contributed by atoms with E-state index in [-0.39, 0.29) is 17.9 Å². The summed E-state index contributed by atoms with van der Waals surface area (Å²) >= 11 is 0. The van der Waals surface area contributed by atoms with Gasteiger partial charge in [0, 0.05) is 31.2 Å². The molecule has 1 amide bonds. The fourth-order valence-corrected chi connectivity index (χ4v) is 4.75. The molecular formula is C27H30N4O. The number of hydrogen-bond acceptors (Lipinski definition) is 3. The quantitative estimate of drug-likeness (QED) is 0.480. The summed E-state index contributed by atoms with van der Waals surface area (Å²) in [5.41, 5.74) is 4.57. The molecule has 0 saturated carbocycles. The standard InChI is InChI=1S/C27H30N4O/c1-20(13-14-21-8-3-2-4-9-21)28-27(32)22-15-18-30(19-16-22)26-25-12-7-17-31(25)24-11-6-5-10-23(24)29-26/h2-12,17,20,22H,13-16,18-19H2,1H3,(H,28,32)/t20-/m0/s1. The zero-order chi connectivity index (χ0) is 21.9. The second-order valence-corrected chi connectivity index (χ2v) is 8.88. The van der Waals surface area contributed by atoms with E-state index in [0.29, 0.717) is 0 Å². The van der Waals surface area contributed by atoms with Gasteiger partial charge in [0.1, 0.15) is 0 Å². The first-order valence-electron chi connectivity index (χ1n) is 11.6. The molecule has 164 valence electrons. The molecule has 1 aliphatic heterocycles. The number of carbonyl (C=O) groups is 1. The van der Waals surface area contributed by atoms with Crippen LogP contribution >= 0.6 is 0 Å². The van der Waals surface area contributed by atoms with Crippen LogP contribution in [0.1, 0.15) is 31.7 Å². The summed E-state index contributed by atoms with van der Waals surface area (Å²) in [4.78, 5) is 20.2. The van der Waals surface area contributed by atoms with E-state index in [1.54, 1.807) is 0 Å². The number of piperidine rings is 1. The number of benzene rings is 2. The topological polar surface area (TPSA) is 49.6 Å². The van der Waals surface area contributed by atoms with Gasteiger partial charge in [-0.25, -0.2) is 4.98 Å². The van der Waals surface area contributed by atoms with Crippen molar-refractivity contribution in [2.45, 2.75) is 38.6 Å². The van der Waals surface area contributed by atoms with E-state index in [1.165, 1.54) is 5.56 Å². The molecule has 1 saturated heterocycles. The van der Waals surface area contributed by atoms with Gasteiger partial charge in [0.25, 0.3) is 0 Å². The Morgan fingerprint density at radius 1 is 1.00 bits per heavy atom. The minimum Gasteiger partial charge on any atom is -0.355 e. The second-order valence-electron chi connectivity index (χ2n) is 8.88. The van der Waals surface area contributed by atoms with Gasteiger partial charge in [0.15, 0.2) is 5.82 Å². The van der Waals surface area contributed by atoms with Crippen molar-refractivity contribution in [3.63, 3.8) is 0 Å². The maximum Gasteiger partial charge on any atom is 0.223 e. The van der Waals surface area contributed by atoms with Crippen molar-refractivity contribution in [1.29, 1.82) is 0 Å². The lowest BCUT2D eigenvalue weighted by molar-refractivity contribution is -0.126. The van der Waals surface area contributed by atoms with Gasteiger partial charge in [-0.3, -0.25) is 4.79 Å². The highest BCUT2D eigenvalue weighted by Gasteiger charge is 2.27. The van der Waals surface area contributed by atoms with Crippen LogP contribution in [0.2, 0.25) is 0 Å². The number of nitrogens with one attached hydrogen (secondary N) is 1. The fraction of sp³-hybridized carbons (Fsp3) is 0.333. The first-order valence-corrected chi connectivity index (χ1v) is 11.6. The van der Waals surface area contributed by atoms with Crippen molar-refractivity contribution in [3.8, 4) is 0 Å². The number of aryl methyl sites for hydroxylation is 1. The van der Waals surface area contributed by atoms with Crippen LogP contribution in [-0.2, 0) is 11.2 Å². The predicted octanol–water partition coefficient (Wildman–Crippen LogP) is 4.84. The average molecular weight is 427 g/mol. The van der Waals surface area contributed by atoms with Crippen molar-refractivity contribution < 1.29 is 4.79 Å². The maximum absolute atomic E-state index is 12.9. The third-order valence-electron chi connectivity index (χ3n) is 6.61. The smallest absolute Gasteiger partial charge is 0.223 e. The third kappa shape index (κ3) is 4.20. The monoisotopic (exact) mass is 426 g/mol. The molecule has 32 heavy (non-hydrogen) atoms. The van der Waals surface area contributed by atoms with Gasteiger partial charge in [0.05, 0.1) is 16.6 Å². The average Bonchev–Trinajstić information content (AvgIpc) is 3.33. The molecule has 1 atom stereocenters. The van der Waals surface area contributed by atoms with Gasteiger partial charge < -0.3 is 14.6 Å². The maximum atomic E-state index is 12.9. The number of amides is 1. The Bertz CT molecular complexity index is 1210. The zero-order valence-electron chi connectivity index (χ0n) is 18.6. The van der Waals surface area contributed by atoms with Crippen molar-refractivity contribution in [1.82, 2.24) is 14.7 Å². The summed E-state index contributed by atoms with van der Waals surface area (Å²) in [6.45, 7) is 3.81. The molecule has 2 aromatic heterocycles.